The first-order chi connectivity index (χ1) is 4.33. The summed E-state index contributed by atoms with van der Waals surface area (Å²) in [5, 5.41) is 2.56. The van der Waals surface area contributed by atoms with Crippen molar-refractivity contribution in [3.05, 3.63) is 0 Å². The summed E-state index contributed by atoms with van der Waals surface area (Å²) in [4.78, 5) is 20.7. The topological polar surface area (TPSA) is 46.2 Å². The molecule has 0 aromatic carbocycles. The predicted octanol–water partition coefficient (Wildman–Crippen LogP) is -0.146. The largest absolute Gasteiger partial charge is 0.347 e. The average molecular weight is 127 g/mol. The van der Waals surface area contributed by atoms with Crippen LogP contribution in [0.1, 0.15) is 19.3 Å². The van der Waals surface area contributed by atoms with Gasteiger partial charge in [-0.3, -0.25) is 4.79 Å². The number of aldehydes is 1. The fraction of sp³-hybridized carbons (Fsp3) is 0.667. The number of carbonyl (C=O) groups excluding carboxylic acids is 2. The Morgan fingerprint density at radius 2 is 2.44 bits per heavy atom. The summed E-state index contributed by atoms with van der Waals surface area (Å²) in [6.45, 7) is 0. The van der Waals surface area contributed by atoms with Gasteiger partial charge in [-0.15, -0.1) is 0 Å². The maximum absolute atomic E-state index is 10.6. The molecule has 0 aromatic rings. The summed E-state index contributed by atoms with van der Waals surface area (Å²) < 4.78 is 0. The summed E-state index contributed by atoms with van der Waals surface area (Å²) in [5.74, 6) is -0.00153. The molecule has 3 heteroatoms. The number of hydrogen-bond acceptors (Lipinski definition) is 2. The summed E-state index contributed by atoms with van der Waals surface area (Å²) >= 11 is 0. The number of piperidine rings is 1. The first-order valence-electron chi connectivity index (χ1n) is 3.07. The van der Waals surface area contributed by atoms with E-state index >= 15 is 0 Å². The Kier molecular flexibility index (Phi) is 1.82. The SMILES string of the molecule is O=C[C@@H]1CCCC(=O)N1. The molecule has 1 fully saturated rings. The van der Waals surface area contributed by atoms with Gasteiger partial charge >= 0.3 is 0 Å². The first-order valence-corrected chi connectivity index (χ1v) is 3.07. The third-order valence-electron chi connectivity index (χ3n) is 1.43. The van der Waals surface area contributed by atoms with Crippen molar-refractivity contribution in [3.8, 4) is 0 Å². The van der Waals surface area contributed by atoms with Crippen LogP contribution in [0, 0.1) is 0 Å². The van der Waals surface area contributed by atoms with E-state index in [1.165, 1.54) is 0 Å². The van der Waals surface area contributed by atoms with Crippen LogP contribution in [0.4, 0.5) is 0 Å². The smallest absolute Gasteiger partial charge is 0.220 e. The van der Waals surface area contributed by atoms with Crippen LogP contribution in [0.25, 0.3) is 0 Å². The van der Waals surface area contributed by atoms with Gasteiger partial charge in [-0.2, -0.15) is 0 Å². The molecule has 1 amide bonds. The molecule has 1 aliphatic heterocycles. The molecule has 9 heavy (non-hydrogen) atoms. The van der Waals surface area contributed by atoms with Crippen molar-refractivity contribution in [1.82, 2.24) is 5.32 Å². The molecule has 1 rings (SSSR count). The number of amides is 1. The lowest BCUT2D eigenvalue weighted by atomic mass is 10.1. The highest BCUT2D eigenvalue weighted by Crippen LogP contribution is 2.05. The summed E-state index contributed by atoms with van der Waals surface area (Å²) in [5.41, 5.74) is 0. The molecular weight excluding hydrogens is 118 g/mol. The van der Waals surface area contributed by atoms with Crippen molar-refractivity contribution < 1.29 is 9.59 Å². The van der Waals surface area contributed by atoms with Gasteiger partial charge in [0.2, 0.25) is 5.91 Å². The molecule has 1 atom stereocenters. The molecule has 3 nitrogen and oxygen atoms in total. The molecule has 1 N–H and O–H groups in total. The second kappa shape index (κ2) is 2.62. The minimum atomic E-state index is -0.216. The second-order valence-electron chi connectivity index (χ2n) is 2.20. The van der Waals surface area contributed by atoms with Crippen LogP contribution in [0.3, 0.4) is 0 Å². The van der Waals surface area contributed by atoms with Crippen molar-refractivity contribution in [2.75, 3.05) is 0 Å². The Balaban J connectivity index is 2.40. The van der Waals surface area contributed by atoms with Gasteiger partial charge in [0.15, 0.2) is 0 Å². The summed E-state index contributed by atoms with van der Waals surface area (Å²) in [7, 11) is 0. The lowest BCUT2D eigenvalue weighted by Crippen LogP contribution is -2.39. The third kappa shape index (κ3) is 1.52. The zero-order valence-corrected chi connectivity index (χ0v) is 5.09. The Morgan fingerprint density at radius 1 is 1.67 bits per heavy atom. The van der Waals surface area contributed by atoms with E-state index in [4.69, 9.17) is 0 Å². The van der Waals surface area contributed by atoms with Gasteiger partial charge in [-0.05, 0) is 12.8 Å². The average Bonchev–Trinajstić information content (AvgIpc) is 1.88. The quantitative estimate of drug-likeness (QED) is 0.498. The van der Waals surface area contributed by atoms with E-state index in [2.05, 4.69) is 5.32 Å². The van der Waals surface area contributed by atoms with Gasteiger partial charge in [-0.25, -0.2) is 0 Å². The minimum Gasteiger partial charge on any atom is -0.347 e. The number of rotatable bonds is 1. The Morgan fingerprint density at radius 3 is 2.89 bits per heavy atom. The van der Waals surface area contributed by atoms with Gasteiger partial charge in [0.1, 0.15) is 6.29 Å². The highest BCUT2D eigenvalue weighted by molar-refractivity contribution is 5.80. The van der Waals surface area contributed by atoms with E-state index in [1.807, 2.05) is 0 Å². The molecule has 0 aliphatic carbocycles. The molecule has 0 aromatic heterocycles. The van der Waals surface area contributed by atoms with Gasteiger partial charge in [0.05, 0.1) is 6.04 Å². The molecular formula is C6H9NO2. The highest BCUT2D eigenvalue weighted by atomic mass is 16.2. The molecule has 50 valence electrons. The van der Waals surface area contributed by atoms with Crippen LogP contribution in [-0.4, -0.2) is 18.2 Å². The predicted molar refractivity (Wildman–Crippen MR) is 31.8 cm³/mol. The van der Waals surface area contributed by atoms with E-state index in [0.717, 1.165) is 19.1 Å². The minimum absolute atomic E-state index is 0.00153. The van der Waals surface area contributed by atoms with E-state index in [1.54, 1.807) is 0 Å². The van der Waals surface area contributed by atoms with E-state index < -0.39 is 0 Å². The molecule has 0 saturated carbocycles. The normalized spacial score (nSPS) is 27.1. The molecule has 1 saturated heterocycles. The lowest BCUT2D eigenvalue weighted by Gasteiger charge is -2.16. The van der Waals surface area contributed by atoms with Crippen molar-refractivity contribution in [2.45, 2.75) is 25.3 Å². The maximum Gasteiger partial charge on any atom is 0.220 e. The van der Waals surface area contributed by atoms with E-state index in [0.29, 0.717) is 6.42 Å². The van der Waals surface area contributed by atoms with Crippen molar-refractivity contribution >= 4 is 12.2 Å². The summed E-state index contributed by atoms with van der Waals surface area (Å²) in [6, 6.07) is -0.216. The lowest BCUT2D eigenvalue weighted by molar-refractivity contribution is -0.125. The first kappa shape index (κ1) is 6.26. The second-order valence-corrected chi connectivity index (χ2v) is 2.20. The zero-order valence-electron chi connectivity index (χ0n) is 5.09. The number of hydrogen-bond donors (Lipinski definition) is 1. The molecule has 1 aliphatic rings. The van der Waals surface area contributed by atoms with Crippen LogP contribution in [0.5, 0.6) is 0 Å². The van der Waals surface area contributed by atoms with Crippen molar-refractivity contribution in [1.29, 1.82) is 0 Å². The number of nitrogens with one attached hydrogen (secondary N) is 1. The fourth-order valence-corrected chi connectivity index (χ4v) is 0.936. The molecule has 1 heterocycles. The Bertz CT molecular complexity index is 133. The van der Waals surface area contributed by atoms with Gasteiger partial charge in [0, 0.05) is 6.42 Å². The fourth-order valence-electron chi connectivity index (χ4n) is 0.936. The molecule has 0 bridgehead atoms. The zero-order chi connectivity index (χ0) is 6.69. The van der Waals surface area contributed by atoms with Gasteiger partial charge in [0.25, 0.3) is 0 Å². The third-order valence-corrected chi connectivity index (χ3v) is 1.43. The van der Waals surface area contributed by atoms with Crippen LogP contribution < -0.4 is 5.32 Å². The maximum atomic E-state index is 10.6. The standard InChI is InChI=1S/C6H9NO2/c8-4-5-2-1-3-6(9)7-5/h4-5H,1-3H2,(H,7,9)/t5-/m0/s1. The molecule has 0 unspecified atom stereocenters. The summed E-state index contributed by atoms with van der Waals surface area (Å²) in [6.07, 6.45) is 3.01. The van der Waals surface area contributed by atoms with Crippen LogP contribution in [0.15, 0.2) is 0 Å². The van der Waals surface area contributed by atoms with E-state index in [-0.39, 0.29) is 11.9 Å². The molecule has 0 spiro atoms. The van der Waals surface area contributed by atoms with Crippen molar-refractivity contribution in [3.63, 3.8) is 0 Å². The monoisotopic (exact) mass is 127 g/mol. The van der Waals surface area contributed by atoms with Gasteiger partial charge in [-0.1, -0.05) is 0 Å². The number of carbonyl (C=O) groups is 2. The van der Waals surface area contributed by atoms with Crippen LogP contribution >= 0.6 is 0 Å². The van der Waals surface area contributed by atoms with E-state index in [9.17, 15) is 9.59 Å². The molecule has 0 radical (unpaired) electrons. The van der Waals surface area contributed by atoms with Gasteiger partial charge < -0.3 is 10.1 Å². The van der Waals surface area contributed by atoms with Crippen molar-refractivity contribution in [2.24, 2.45) is 0 Å². The highest BCUT2D eigenvalue weighted by Gasteiger charge is 2.15. The van der Waals surface area contributed by atoms with Crippen LogP contribution in [0.2, 0.25) is 0 Å². The Labute approximate surface area is 53.4 Å². The van der Waals surface area contributed by atoms with Crippen LogP contribution in [-0.2, 0) is 9.59 Å². The Hall–Kier alpha value is -0.860.